The molecule has 0 spiro atoms. The molecule has 1 unspecified atom stereocenters. The van der Waals surface area contributed by atoms with Crippen LogP contribution in [0.1, 0.15) is 17.7 Å². The largest absolute Gasteiger partial charge is 0.495 e. The van der Waals surface area contributed by atoms with Crippen molar-refractivity contribution in [2.75, 3.05) is 28.4 Å². The quantitative estimate of drug-likeness (QED) is 0.131. The lowest BCUT2D eigenvalue weighted by Crippen LogP contribution is -2.20. The summed E-state index contributed by atoms with van der Waals surface area (Å²) in [6, 6.07) is 31.9. The number of anilines is 4. The lowest BCUT2D eigenvalue weighted by molar-refractivity contribution is -0.116. The third kappa shape index (κ3) is 8.07. The molecule has 1 atom stereocenters. The van der Waals surface area contributed by atoms with E-state index in [0.29, 0.717) is 22.2 Å². The molecule has 0 aromatic heterocycles. The Morgan fingerprint density at radius 2 is 1.41 bits per heavy atom. The number of carbonyl (C=O) groups is 2. The highest BCUT2D eigenvalue weighted by molar-refractivity contribution is 8.00. The van der Waals surface area contributed by atoms with Crippen molar-refractivity contribution in [1.29, 1.82) is 0 Å². The molecule has 7 nitrogen and oxygen atoms in total. The van der Waals surface area contributed by atoms with Crippen LogP contribution in [0, 0.1) is 0 Å². The van der Waals surface area contributed by atoms with Gasteiger partial charge >= 0.3 is 0 Å². The summed E-state index contributed by atoms with van der Waals surface area (Å²) in [7, 11) is 1.61. The summed E-state index contributed by atoms with van der Waals surface area (Å²) in [5, 5.41) is 12.0. The number of thiocarbonyl (C=S) groups is 1. The summed E-state index contributed by atoms with van der Waals surface area (Å²) >= 11 is 6.95. The first kappa shape index (κ1) is 27.7. The summed E-state index contributed by atoms with van der Waals surface area (Å²) < 4.78 is 5.38. The molecule has 4 aromatic rings. The Bertz CT molecular complexity index is 1450. The van der Waals surface area contributed by atoms with E-state index in [9.17, 15) is 9.59 Å². The number of ether oxygens (including phenoxy) is 1. The van der Waals surface area contributed by atoms with Crippen LogP contribution in [0.5, 0.6) is 5.75 Å². The summed E-state index contributed by atoms with van der Waals surface area (Å²) in [6.45, 7) is 1.45. The van der Waals surface area contributed by atoms with Crippen molar-refractivity contribution in [3.63, 3.8) is 0 Å². The van der Waals surface area contributed by atoms with Crippen LogP contribution in [0.2, 0.25) is 0 Å². The summed E-state index contributed by atoms with van der Waals surface area (Å²) in [5.41, 5.74) is 3.72. The van der Waals surface area contributed by atoms with Crippen molar-refractivity contribution in [2.24, 2.45) is 0 Å². The zero-order chi connectivity index (χ0) is 27.6. The molecule has 4 aromatic carbocycles. The maximum Gasteiger partial charge on any atom is 0.242 e. The fourth-order valence-electron chi connectivity index (χ4n) is 3.76. The zero-order valence-corrected chi connectivity index (χ0v) is 23.1. The van der Waals surface area contributed by atoms with E-state index in [-0.39, 0.29) is 11.8 Å². The molecule has 4 N–H and O–H groups in total. The van der Waals surface area contributed by atoms with Gasteiger partial charge in [-0.05, 0) is 72.4 Å². The number of thioether (sulfide) groups is 1. The first-order valence-corrected chi connectivity index (χ1v) is 13.4. The van der Waals surface area contributed by atoms with E-state index in [1.807, 2.05) is 78.9 Å². The van der Waals surface area contributed by atoms with Crippen LogP contribution in [0.3, 0.4) is 0 Å². The van der Waals surface area contributed by atoms with Crippen LogP contribution in [-0.4, -0.2) is 24.0 Å². The van der Waals surface area contributed by atoms with Gasteiger partial charge in [0.15, 0.2) is 5.11 Å². The Hall–Kier alpha value is -4.34. The average Bonchev–Trinajstić information content (AvgIpc) is 2.93. The van der Waals surface area contributed by atoms with Gasteiger partial charge in [0.25, 0.3) is 0 Å². The molecule has 0 radical (unpaired) electrons. The van der Waals surface area contributed by atoms with Gasteiger partial charge in [-0.25, -0.2) is 0 Å². The van der Waals surface area contributed by atoms with E-state index in [1.165, 1.54) is 18.7 Å². The molecule has 39 heavy (non-hydrogen) atoms. The minimum absolute atomic E-state index is 0.152. The molecule has 9 heteroatoms. The summed E-state index contributed by atoms with van der Waals surface area (Å²) in [5.74, 6) is 0.373. The second-order valence-electron chi connectivity index (χ2n) is 8.46. The molecular weight excluding hydrogens is 528 g/mol. The van der Waals surface area contributed by atoms with Crippen LogP contribution < -0.4 is 26.0 Å². The normalized spacial score (nSPS) is 11.1. The van der Waals surface area contributed by atoms with E-state index in [4.69, 9.17) is 17.0 Å². The topological polar surface area (TPSA) is 91.5 Å². The molecule has 198 valence electrons. The Morgan fingerprint density at radius 3 is 2.10 bits per heavy atom. The number of benzene rings is 4. The molecule has 0 fully saturated rings. The van der Waals surface area contributed by atoms with Crippen molar-refractivity contribution >= 4 is 63.7 Å². The maximum atomic E-state index is 13.4. The summed E-state index contributed by atoms with van der Waals surface area (Å²) in [6.07, 6.45) is 0. The fraction of sp³-hybridized carbons (Fsp3) is 0.100. The second-order valence-corrected chi connectivity index (χ2v) is 10.1. The van der Waals surface area contributed by atoms with E-state index in [0.717, 1.165) is 21.8 Å². The van der Waals surface area contributed by atoms with Gasteiger partial charge in [-0.15, -0.1) is 11.8 Å². The molecule has 2 amide bonds. The van der Waals surface area contributed by atoms with E-state index < -0.39 is 5.25 Å². The van der Waals surface area contributed by atoms with Crippen molar-refractivity contribution < 1.29 is 14.3 Å². The predicted octanol–water partition coefficient (Wildman–Crippen LogP) is 6.93. The number of hydrogen-bond acceptors (Lipinski definition) is 5. The molecule has 0 saturated carbocycles. The molecule has 0 heterocycles. The van der Waals surface area contributed by atoms with Crippen molar-refractivity contribution in [3.8, 4) is 5.75 Å². The SMILES string of the molecule is COc1ccccc1NC(=S)Nc1cccc(SC(C(=O)Nc2ccc(NC(C)=O)cc2)c2ccccc2)c1. The smallest absolute Gasteiger partial charge is 0.242 e. The second kappa shape index (κ2) is 13.5. The van der Waals surface area contributed by atoms with Crippen molar-refractivity contribution in [3.05, 3.63) is 109 Å². The van der Waals surface area contributed by atoms with Crippen LogP contribution in [0.25, 0.3) is 0 Å². The van der Waals surface area contributed by atoms with Gasteiger partial charge in [0.2, 0.25) is 11.8 Å². The number of amides is 2. The minimum atomic E-state index is -0.505. The van der Waals surface area contributed by atoms with E-state index in [2.05, 4.69) is 21.3 Å². The first-order chi connectivity index (χ1) is 18.9. The molecule has 0 aliphatic rings. The number of nitrogens with one attached hydrogen (secondary N) is 4. The zero-order valence-electron chi connectivity index (χ0n) is 21.4. The number of methoxy groups -OCH3 is 1. The monoisotopic (exact) mass is 556 g/mol. The van der Waals surface area contributed by atoms with Gasteiger partial charge in [-0.1, -0.05) is 48.5 Å². The summed E-state index contributed by atoms with van der Waals surface area (Å²) in [4.78, 5) is 25.6. The van der Waals surface area contributed by atoms with Crippen molar-refractivity contribution in [2.45, 2.75) is 17.1 Å². The van der Waals surface area contributed by atoms with Crippen LogP contribution in [0.4, 0.5) is 22.7 Å². The number of rotatable bonds is 9. The standard InChI is InChI=1S/C30H28N4O3S2/c1-20(35)31-22-15-17-23(18-16-22)32-29(36)28(21-9-4-3-5-10-21)39-25-12-8-11-24(19-25)33-30(38)34-26-13-6-7-14-27(26)37-2/h3-19,28H,1-2H3,(H,31,35)(H,32,36)(H2,33,34,38). The molecule has 0 bridgehead atoms. The predicted molar refractivity (Wildman–Crippen MR) is 164 cm³/mol. The van der Waals surface area contributed by atoms with Gasteiger partial charge in [0.05, 0.1) is 12.8 Å². The van der Waals surface area contributed by atoms with E-state index >= 15 is 0 Å². The molecule has 4 rings (SSSR count). The van der Waals surface area contributed by atoms with Crippen LogP contribution >= 0.6 is 24.0 Å². The van der Waals surface area contributed by atoms with E-state index in [1.54, 1.807) is 31.4 Å². The molecule has 0 aliphatic heterocycles. The highest BCUT2D eigenvalue weighted by atomic mass is 32.2. The van der Waals surface area contributed by atoms with Gasteiger partial charge < -0.3 is 26.0 Å². The molecule has 0 saturated heterocycles. The highest BCUT2D eigenvalue weighted by Crippen LogP contribution is 2.37. The lowest BCUT2D eigenvalue weighted by Gasteiger charge is -2.18. The van der Waals surface area contributed by atoms with Crippen LogP contribution in [-0.2, 0) is 9.59 Å². The fourth-order valence-corrected chi connectivity index (χ4v) is 5.08. The van der Waals surface area contributed by atoms with Crippen LogP contribution in [0.15, 0.2) is 108 Å². The Balaban J connectivity index is 1.47. The van der Waals surface area contributed by atoms with Gasteiger partial charge in [0, 0.05) is 28.9 Å². The number of hydrogen-bond donors (Lipinski definition) is 4. The Morgan fingerprint density at radius 1 is 0.744 bits per heavy atom. The third-order valence-corrected chi connectivity index (χ3v) is 6.97. The lowest BCUT2D eigenvalue weighted by atomic mass is 10.1. The van der Waals surface area contributed by atoms with Gasteiger partial charge in [-0.2, -0.15) is 0 Å². The maximum absolute atomic E-state index is 13.4. The number of para-hydroxylation sites is 2. The highest BCUT2D eigenvalue weighted by Gasteiger charge is 2.22. The van der Waals surface area contributed by atoms with Crippen molar-refractivity contribution in [1.82, 2.24) is 0 Å². The Kier molecular flexibility index (Phi) is 9.55. The molecular formula is C30H28N4O3S2. The third-order valence-electron chi connectivity index (χ3n) is 5.51. The number of carbonyl (C=O) groups excluding carboxylic acids is 2. The Labute approximate surface area is 237 Å². The average molecular weight is 557 g/mol. The first-order valence-electron chi connectivity index (χ1n) is 12.1. The molecule has 0 aliphatic carbocycles. The van der Waals surface area contributed by atoms with Gasteiger partial charge in [0.1, 0.15) is 11.0 Å². The van der Waals surface area contributed by atoms with Gasteiger partial charge in [-0.3, -0.25) is 9.59 Å². The minimum Gasteiger partial charge on any atom is -0.495 e.